The molecule has 0 spiro atoms. The van der Waals surface area contributed by atoms with E-state index in [1.807, 2.05) is 54.6 Å². The maximum absolute atomic E-state index is 4.44. The van der Waals surface area contributed by atoms with Gasteiger partial charge in [0, 0.05) is 16.7 Å². The molecule has 106 valence electrons. The number of hydrogen-bond donors (Lipinski definition) is 2. The third kappa shape index (κ3) is 2.16. The Balaban J connectivity index is 1.73. The van der Waals surface area contributed by atoms with Gasteiger partial charge in [-0.1, -0.05) is 54.6 Å². The van der Waals surface area contributed by atoms with Crippen molar-refractivity contribution in [2.24, 2.45) is 0 Å². The van der Waals surface area contributed by atoms with Crippen molar-refractivity contribution in [3.63, 3.8) is 0 Å². The van der Waals surface area contributed by atoms with E-state index in [1.165, 1.54) is 0 Å². The Hall–Kier alpha value is -3.28. The molecule has 2 aromatic carbocycles. The largest absolute Gasteiger partial charge is 0.344 e. The molecule has 0 fully saturated rings. The molecule has 0 saturated carbocycles. The molecule has 6 nitrogen and oxygen atoms in total. The lowest BCUT2D eigenvalue weighted by atomic mass is 10.0. The van der Waals surface area contributed by atoms with E-state index in [0.717, 1.165) is 28.1 Å². The summed E-state index contributed by atoms with van der Waals surface area (Å²) in [5.41, 5.74) is 4.99. The first-order valence-electron chi connectivity index (χ1n) is 6.85. The number of benzene rings is 2. The van der Waals surface area contributed by atoms with E-state index in [2.05, 4.69) is 30.6 Å². The molecule has 0 saturated heterocycles. The van der Waals surface area contributed by atoms with Crippen LogP contribution in [0.1, 0.15) is 0 Å². The minimum atomic E-state index is 0.583. The Morgan fingerprint density at radius 2 is 1.55 bits per heavy atom. The van der Waals surface area contributed by atoms with Crippen LogP contribution in [0.2, 0.25) is 0 Å². The fraction of sp³-hybridized carbons (Fsp3) is 0. The van der Waals surface area contributed by atoms with E-state index in [4.69, 9.17) is 0 Å². The van der Waals surface area contributed by atoms with Crippen molar-refractivity contribution in [3.8, 4) is 33.9 Å². The number of rotatable bonds is 3. The minimum absolute atomic E-state index is 0.583. The first-order valence-corrected chi connectivity index (χ1v) is 6.85. The average molecular weight is 288 g/mol. The van der Waals surface area contributed by atoms with Gasteiger partial charge in [0.2, 0.25) is 5.82 Å². The van der Waals surface area contributed by atoms with E-state index in [1.54, 1.807) is 6.33 Å². The predicted molar refractivity (Wildman–Crippen MR) is 82.6 cm³/mol. The highest BCUT2D eigenvalue weighted by molar-refractivity contribution is 5.78. The van der Waals surface area contributed by atoms with Crippen LogP contribution in [0.3, 0.4) is 0 Å². The molecule has 22 heavy (non-hydrogen) atoms. The highest BCUT2D eigenvalue weighted by Gasteiger charge is 2.10. The molecule has 6 heteroatoms. The van der Waals surface area contributed by atoms with Gasteiger partial charge in [0.25, 0.3) is 0 Å². The maximum atomic E-state index is 4.44. The number of aromatic nitrogens is 6. The first-order chi connectivity index (χ1) is 10.9. The van der Waals surface area contributed by atoms with Gasteiger partial charge in [-0.2, -0.15) is 5.21 Å². The van der Waals surface area contributed by atoms with Gasteiger partial charge in [-0.25, -0.2) is 4.98 Å². The summed E-state index contributed by atoms with van der Waals surface area (Å²) in [6.07, 6.45) is 1.71. The molecule has 2 heterocycles. The summed E-state index contributed by atoms with van der Waals surface area (Å²) < 4.78 is 0. The van der Waals surface area contributed by atoms with Gasteiger partial charge >= 0.3 is 0 Å². The Labute approximate surface area is 126 Å². The SMILES string of the molecule is c1ccc(-c2nc[nH]c2-c2ccc(-c3nn[nH]n3)cc2)cc1. The van der Waals surface area contributed by atoms with Crippen molar-refractivity contribution in [3.05, 3.63) is 60.9 Å². The molecular weight excluding hydrogens is 276 g/mol. The van der Waals surface area contributed by atoms with Gasteiger partial charge in [0.1, 0.15) is 0 Å². The molecule has 0 unspecified atom stereocenters. The summed E-state index contributed by atoms with van der Waals surface area (Å²) in [5, 5.41) is 14.0. The van der Waals surface area contributed by atoms with Crippen LogP contribution in [0.25, 0.3) is 33.9 Å². The lowest BCUT2D eigenvalue weighted by molar-refractivity contribution is 0.881. The van der Waals surface area contributed by atoms with Crippen molar-refractivity contribution >= 4 is 0 Å². The van der Waals surface area contributed by atoms with Crippen molar-refractivity contribution < 1.29 is 0 Å². The average Bonchev–Trinajstić information content (AvgIpc) is 3.28. The summed E-state index contributed by atoms with van der Waals surface area (Å²) in [5.74, 6) is 0.583. The highest BCUT2D eigenvalue weighted by atomic mass is 15.5. The lowest BCUT2D eigenvalue weighted by Gasteiger charge is -2.04. The highest BCUT2D eigenvalue weighted by Crippen LogP contribution is 2.29. The molecule has 2 N–H and O–H groups in total. The molecular formula is C16H12N6. The molecule has 0 aliphatic heterocycles. The Morgan fingerprint density at radius 3 is 2.27 bits per heavy atom. The maximum Gasteiger partial charge on any atom is 0.204 e. The van der Waals surface area contributed by atoms with Gasteiger partial charge in [0.05, 0.1) is 17.7 Å². The van der Waals surface area contributed by atoms with Crippen LogP contribution in [0, 0.1) is 0 Å². The zero-order valence-corrected chi connectivity index (χ0v) is 11.6. The van der Waals surface area contributed by atoms with Gasteiger partial charge in [-0.15, -0.1) is 10.2 Å². The minimum Gasteiger partial charge on any atom is -0.344 e. The van der Waals surface area contributed by atoms with Crippen LogP contribution in [-0.2, 0) is 0 Å². The monoisotopic (exact) mass is 288 g/mol. The molecule has 0 aliphatic carbocycles. The van der Waals surface area contributed by atoms with Crippen LogP contribution in [0.5, 0.6) is 0 Å². The smallest absolute Gasteiger partial charge is 0.204 e. The Morgan fingerprint density at radius 1 is 0.773 bits per heavy atom. The number of H-pyrrole nitrogens is 2. The topological polar surface area (TPSA) is 83.1 Å². The molecule has 4 aromatic rings. The fourth-order valence-corrected chi connectivity index (χ4v) is 2.40. The van der Waals surface area contributed by atoms with Crippen molar-refractivity contribution in [1.29, 1.82) is 0 Å². The predicted octanol–water partition coefficient (Wildman–Crippen LogP) is 2.92. The van der Waals surface area contributed by atoms with Crippen LogP contribution in [0.4, 0.5) is 0 Å². The third-order valence-electron chi connectivity index (χ3n) is 3.46. The van der Waals surface area contributed by atoms with Gasteiger partial charge < -0.3 is 4.98 Å². The summed E-state index contributed by atoms with van der Waals surface area (Å²) in [4.78, 5) is 7.65. The summed E-state index contributed by atoms with van der Waals surface area (Å²) in [7, 11) is 0. The van der Waals surface area contributed by atoms with Crippen LogP contribution < -0.4 is 0 Å². The molecule has 0 aliphatic rings. The molecule has 0 atom stereocenters. The molecule has 0 amide bonds. The zero-order valence-electron chi connectivity index (χ0n) is 11.6. The standard InChI is InChI=1S/C16H12N6/c1-2-4-11(5-3-1)14-15(18-10-17-14)12-6-8-13(9-7-12)16-19-21-22-20-16/h1-10H,(H,17,18)(H,19,20,21,22). The number of hydrogen-bond acceptors (Lipinski definition) is 4. The van der Waals surface area contributed by atoms with Gasteiger partial charge in [-0.3, -0.25) is 0 Å². The van der Waals surface area contributed by atoms with Crippen LogP contribution in [-0.4, -0.2) is 30.6 Å². The van der Waals surface area contributed by atoms with Crippen molar-refractivity contribution in [1.82, 2.24) is 30.6 Å². The number of aromatic amines is 2. The molecule has 4 rings (SSSR count). The van der Waals surface area contributed by atoms with E-state index in [9.17, 15) is 0 Å². The second kappa shape index (κ2) is 5.25. The number of tetrazole rings is 1. The molecule has 0 bridgehead atoms. The van der Waals surface area contributed by atoms with E-state index < -0.39 is 0 Å². The van der Waals surface area contributed by atoms with Gasteiger partial charge in [0.15, 0.2) is 0 Å². The van der Waals surface area contributed by atoms with E-state index in [0.29, 0.717) is 5.82 Å². The molecule has 2 aromatic heterocycles. The normalized spacial score (nSPS) is 10.7. The number of imidazole rings is 1. The first kappa shape index (κ1) is 12.5. The Bertz CT molecular complexity index is 863. The second-order valence-corrected chi connectivity index (χ2v) is 4.80. The fourth-order valence-electron chi connectivity index (χ4n) is 2.40. The lowest BCUT2D eigenvalue weighted by Crippen LogP contribution is -1.85. The quantitative estimate of drug-likeness (QED) is 0.607. The van der Waals surface area contributed by atoms with Crippen molar-refractivity contribution in [2.75, 3.05) is 0 Å². The van der Waals surface area contributed by atoms with Gasteiger partial charge in [-0.05, 0) is 5.21 Å². The second-order valence-electron chi connectivity index (χ2n) is 4.80. The van der Waals surface area contributed by atoms with Crippen LogP contribution in [0.15, 0.2) is 60.9 Å². The zero-order chi connectivity index (χ0) is 14.8. The number of nitrogens with one attached hydrogen (secondary N) is 2. The third-order valence-corrected chi connectivity index (χ3v) is 3.46. The Kier molecular flexibility index (Phi) is 2.97. The summed E-state index contributed by atoms with van der Waals surface area (Å²) in [6, 6.07) is 18.1. The van der Waals surface area contributed by atoms with E-state index in [-0.39, 0.29) is 0 Å². The van der Waals surface area contributed by atoms with E-state index >= 15 is 0 Å². The van der Waals surface area contributed by atoms with Crippen molar-refractivity contribution in [2.45, 2.75) is 0 Å². The summed E-state index contributed by atoms with van der Waals surface area (Å²) in [6.45, 7) is 0. The number of nitrogens with zero attached hydrogens (tertiary/aromatic N) is 4. The van der Waals surface area contributed by atoms with Crippen LogP contribution >= 0.6 is 0 Å². The molecule has 0 radical (unpaired) electrons. The summed E-state index contributed by atoms with van der Waals surface area (Å²) >= 11 is 0.